The van der Waals surface area contributed by atoms with E-state index in [0.717, 1.165) is 12.1 Å². The molecule has 1 heterocycles. The summed E-state index contributed by atoms with van der Waals surface area (Å²) in [7, 11) is 2.01. The zero-order chi connectivity index (χ0) is 15.4. The number of hydrogen-bond acceptors (Lipinski definition) is 4. The smallest absolute Gasteiger partial charge is 0.0829 e. The van der Waals surface area contributed by atoms with E-state index < -0.39 is 0 Å². The lowest BCUT2D eigenvalue weighted by Crippen LogP contribution is -2.19. The van der Waals surface area contributed by atoms with Gasteiger partial charge in [0.15, 0.2) is 0 Å². The summed E-state index contributed by atoms with van der Waals surface area (Å²) >= 11 is 1.51. The van der Waals surface area contributed by atoms with E-state index in [1.165, 1.54) is 27.5 Å². The lowest BCUT2D eigenvalue weighted by atomic mass is 9.97. The summed E-state index contributed by atoms with van der Waals surface area (Å²) in [6.07, 6.45) is 0.971. The van der Waals surface area contributed by atoms with Gasteiger partial charge in [0.2, 0.25) is 0 Å². The van der Waals surface area contributed by atoms with Crippen LogP contribution in [-0.2, 0) is 6.42 Å². The molecule has 0 fully saturated rings. The molecule has 3 nitrogen and oxygen atoms in total. The van der Waals surface area contributed by atoms with Gasteiger partial charge in [-0.1, -0.05) is 56.4 Å². The fraction of sp³-hybridized carbons (Fsp3) is 0.529. The minimum absolute atomic E-state index is 0.285. The molecule has 1 aromatic carbocycles. The Bertz CT molecular complexity index is 558. The largest absolute Gasteiger partial charge is 0.312 e. The summed E-state index contributed by atoms with van der Waals surface area (Å²) < 4.78 is 4.14. The predicted molar refractivity (Wildman–Crippen MR) is 90.0 cm³/mol. The van der Waals surface area contributed by atoms with E-state index in [1.807, 2.05) is 7.05 Å². The number of aromatic nitrogens is 2. The third-order valence-corrected chi connectivity index (χ3v) is 4.69. The van der Waals surface area contributed by atoms with Crippen molar-refractivity contribution < 1.29 is 0 Å². The summed E-state index contributed by atoms with van der Waals surface area (Å²) in [5.41, 5.74) is 3.86. The highest BCUT2D eigenvalue weighted by molar-refractivity contribution is 7.05. The Morgan fingerprint density at radius 3 is 2.24 bits per heavy atom. The van der Waals surface area contributed by atoms with Crippen LogP contribution >= 0.6 is 11.5 Å². The Morgan fingerprint density at radius 2 is 1.71 bits per heavy atom. The topological polar surface area (TPSA) is 37.8 Å². The molecule has 0 radical (unpaired) electrons. The molecule has 0 amide bonds. The van der Waals surface area contributed by atoms with E-state index >= 15 is 0 Å². The van der Waals surface area contributed by atoms with Crippen molar-refractivity contribution in [1.29, 1.82) is 0 Å². The first kappa shape index (κ1) is 16.1. The molecule has 0 saturated heterocycles. The molecule has 1 unspecified atom stereocenters. The molecule has 2 aromatic rings. The van der Waals surface area contributed by atoms with Gasteiger partial charge >= 0.3 is 0 Å². The zero-order valence-electron chi connectivity index (χ0n) is 13.6. The number of benzene rings is 1. The second kappa shape index (κ2) is 7.14. The van der Waals surface area contributed by atoms with Crippen molar-refractivity contribution in [1.82, 2.24) is 14.9 Å². The Kier molecular flexibility index (Phi) is 5.48. The van der Waals surface area contributed by atoms with Crippen LogP contribution in [0.25, 0.3) is 0 Å². The fourth-order valence-electron chi connectivity index (χ4n) is 2.45. The van der Waals surface area contributed by atoms with Crippen LogP contribution < -0.4 is 5.32 Å². The highest BCUT2D eigenvalue weighted by atomic mass is 32.1. The highest BCUT2D eigenvalue weighted by Gasteiger charge is 2.20. The van der Waals surface area contributed by atoms with Crippen molar-refractivity contribution in [2.75, 3.05) is 7.05 Å². The van der Waals surface area contributed by atoms with Gasteiger partial charge in [-0.15, -0.1) is 5.10 Å². The predicted octanol–water partition coefficient (Wildman–Crippen LogP) is 4.29. The number of nitrogens with one attached hydrogen (secondary N) is 1. The minimum atomic E-state index is 0.285. The molecule has 114 valence electrons. The van der Waals surface area contributed by atoms with Crippen molar-refractivity contribution in [3.8, 4) is 0 Å². The molecule has 0 aliphatic rings. The molecule has 4 heteroatoms. The van der Waals surface area contributed by atoms with Gasteiger partial charge in [-0.3, -0.25) is 0 Å². The van der Waals surface area contributed by atoms with Crippen molar-refractivity contribution in [2.45, 2.75) is 52.0 Å². The van der Waals surface area contributed by atoms with Gasteiger partial charge in [-0.2, -0.15) is 0 Å². The molecular weight excluding hydrogens is 278 g/mol. The van der Waals surface area contributed by atoms with Crippen LogP contribution in [0.3, 0.4) is 0 Å². The molecule has 0 aliphatic heterocycles. The third-order valence-electron chi connectivity index (χ3n) is 3.84. The van der Waals surface area contributed by atoms with Crippen molar-refractivity contribution in [3.63, 3.8) is 0 Å². The van der Waals surface area contributed by atoms with Gasteiger partial charge in [0.1, 0.15) is 0 Å². The van der Waals surface area contributed by atoms with Crippen molar-refractivity contribution in [2.24, 2.45) is 0 Å². The first-order valence-corrected chi connectivity index (χ1v) is 8.38. The number of nitrogens with zero attached hydrogens (tertiary/aromatic N) is 2. The Balaban J connectivity index is 2.17. The summed E-state index contributed by atoms with van der Waals surface area (Å²) in [6, 6.07) is 9.24. The van der Waals surface area contributed by atoms with Crippen LogP contribution in [0.4, 0.5) is 0 Å². The standard InChI is InChI=1S/C17H25N3S/c1-11(2)14-8-6-13(7-9-14)10-15(18-5)17-16(12(3)4)19-20-21-17/h6-9,11-12,15,18H,10H2,1-5H3. The average molecular weight is 303 g/mol. The molecule has 1 N–H and O–H groups in total. The van der Waals surface area contributed by atoms with Gasteiger partial charge in [0.05, 0.1) is 10.6 Å². The number of likely N-dealkylation sites (N-methyl/N-ethyl adjacent to an activating group) is 1. The molecule has 0 spiro atoms. The maximum absolute atomic E-state index is 4.29. The molecule has 21 heavy (non-hydrogen) atoms. The van der Waals surface area contributed by atoms with Crippen LogP contribution in [0.15, 0.2) is 24.3 Å². The maximum Gasteiger partial charge on any atom is 0.0829 e. The highest BCUT2D eigenvalue weighted by Crippen LogP contribution is 2.28. The van der Waals surface area contributed by atoms with E-state index in [9.17, 15) is 0 Å². The number of rotatable bonds is 6. The molecule has 1 atom stereocenters. The quantitative estimate of drug-likeness (QED) is 0.865. The van der Waals surface area contributed by atoms with Crippen LogP contribution in [0, 0.1) is 0 Å². The van der Waals surface area contributed by atoms with Crippen LogP contribution in [0.2, 0.25) is 0 Å². The number of hydrogen-bond donors (Lipinski definition) is 1. The lowest BCUT2D eigenvalue weighted by molar-refractivity contribution is 0.589. The Hall–Kier alpha value is -1.26. The monoisotopic (exact) mass is 303 g/mol. The lowest BCUT2D eigenvalue weighted by Gasteiger charge is -2.17. The van der Waals surface area contributed by atoms with E-state index in [-0.39, 0.29) is 6.04 Å². The first-order valence-electron chi connectivity index (χ1n) is 7.61. The van der Waals surface area contributed by atoms with E-state index in [4.69, 9.17) is 0 Å². The fourth-order valence-corrected chi connectivity index (χ4v) is 3.36. The molecule has 0 bridgehead atoms. The van der Waals surface area contributed by atoms with Crippen LogP contribution in [0.5, 0.6) is 0 Å². The average Bonchev–Trinajstić information content (AvgIpc) is 2.94. The van der Waals surface area contributed by atoms with Gasteiger partial charge in [-0.05, 0) is 48.0 Å². The third kappa shape index (κ3) is 3.89. The summed E-state index contributed by atoms with van der Waals surface area (Å²) in [6.45, 7) is 8.79. The second-order valence-corrected chi connectivity index (χ2v) is 6.90. The molecule has 0 saturated carbocycles. The zero-order valence-corrected chi connectivity index (χ0v) is 14.4. The molecule has 0 aliphatic carbocycles. The van der Waals surface area contributed by atoms with E-state index in [1.54, 1.807) is 0 Å². The van der Waals surface area contributed by atoms with Crippen molar-refractivity contribution >= 4 is 11.5 Å². The van der Waals surface area contributed by atoms with Gasteiger partial charge in [-0.25, -0.2) is 0 Å². The minimum Gasteiger partial charge on any atom is -0.312 e. The Labute approximate surface area is 132 Å². The van der Waals surface area contributed by atoms with Gasteiger partial charge in [0.25, 0.3) is 0 Å². The maximum atomic E-state index is 4.29. The van der Waals surface area contributed by atoms with Crippen LogP contribution in [-0.4, -0.2) is 16.6 Å². The molecule has 1 aromatic heterocycles. The summed E-state index contributed by atoms with van der Waals surface area (Å²) in [5.74, 6) is 0.996. The van der Waals surface area contributed by atoms with Crippen molar-refractivity contribution in [3.05, 3.63) is 46.0 Å². The van der Waals surface area contributed by atoms with Gasteiger partial charge in [0, 0.05) is 6.04 Å². The first-order chi connectivity index (χ1) is 10.0. The van der Waals surface area contributed by atoms with Crippen LogP contribution in [0.1, 0.15) is 67.3 Å². The Morgan fingerprint density at radius 1 is 1.05 bits per heavy atom. The van der Waals surface area contributed by atoms with E-state index in [2.05, 4.69) is 66.9 Å². The SMILES string of the molecule is CNC(Cc1ccc(C(C)C)cc1)c1snnc1C(C)C. The van der Waals surface area contributed by atoms with E-state index in [0.29, 0.717) is 11.8 Å². The molecule has 2 rings (SSSR count). The summed E-state index contributed by atoms with van der Waals surface area (Å²) in [5, 5.41) is 7.71. The summed E-state index contributed by atoms with van der Waals surface area (Å²) in [4.78, 5) is 1.26. The normalized spacial score (nSPS) is 13.1. The molecular formula is C17H25N3S. The second-order valence-electron chi connectivity index (χ2n) is 6.12. The van der Waals surface area contributed by atoms with Gasteiger partial charge < -0.3 is 5.32 Å².